The number of aromatic hydroxyl groups is 1. The smallest absolute Gasteiger partial charge is 0.237 e. The van der Waals surface area contributed by atoms with Gasteiger partial charge < -0.3 is 9.84 Å². The second-order valence-corrected chi connectivity index (χ2v) is 6.38. The van der Waals surface area contributed by atoms with Crippen molar-refractivity contribution in [3.63, 3.8) is 0 Å². The van der Waals surface area contributed by atoms with E-state index in [0.717, 1.165) is 0 Å². The standard InChI is InChI=1S/C10H13ClO4S/c1-7(2)15-10-5-3-4-9(12)8(10)6-16(11,13)14/h3-5,7,12H,6H2,1-2H3. The van der Waals surface area contributed by atoms with Gasteiger partial charge in [-0.1, -0.05) is 6.07 Å². The van der Waals surface area contributed by atoms with Crippen molar-refractivity contribution in [2.24, 2.45) is 0 Å². The Morgan fingerprint density at radius 1 is 1.44 bits per heavy atom. The van der Waals surface area contributed by atoms with E-state index in [4.69, 9.17) is 15.4 Å². The SMILES string of the molecule is CC(C)Oc1cccc(O)c1CS(=O)(=O)Cl. The van der Waals surface area contributed by atoms with Gasteiger partial charge in [-0.05, 0) is 26.0 Å². The molecule has 0 heterocycles. The van der Waals surface area contributed by atoms with E-state index in [-0.39, 0.29) is 17.4 Å². The lowest BCUT2D eigenvalue weighted by molar-refractivity contribution is 0.239. The Hall–Kier alpha value is -0.940. The number of benzene rings is 1. The molecule has 1 N–H and O–H groups in total. The maximum absolute atomic E-state index is 11.0. The molecule has 0 unspecified atom stereocenters. The van der Waals surface area contributed by atoms with Crippen LogP contribution in [0.5, 0.6) is 11.5 Å². The summed E-state index contributed by atoms with van der Waals surface area (Å²) in [6, 6.07) is 4.57. The Morgan fingerprint density at radius 2 is 2.06 bits per heavy atom. The zero-order valence-electron chi connectivity index (χ0n) is 8.97. The van der Waals surface area contributed by atoms with Gasteiger partial charge in [0.2, 0.25) is 9.05 Å². The normalized spacial score (nSPS) is 11.8. The van der Waals surface area contributed by atoms with Gasteiger partial charge >= 0.3 is 0 Å². The van der Waals surface area contributed by atoms with E-state index in [0.29, 0.717) is 5.75 Å². The number of hydrogen-bond acceptors (Lipinski definition) is 4. The Morgan fingerprint density at radius 3 is 2.56 bits per heavy atom. The van der Waals surface area contributed by atoms with Crippen LogP contribution in [-0.4, -0.2) is 19.6 Å². The van der Waals surface area contributed by atoms with Crippen molar-refractivity contribution in [1.29, 1.82) is 0 Å². The summed E-state index contributed by atoms with van der Waals surface area (Å²) >= 11 is 0. The topological polar surface area (TPSA) is 63.6 Å². The predicted molar refractivity (Wildman–Crippen MR) is 62.3 cm³/mol. The molecular formula is C10H13ClO4S. The quantitative estimate of drug-likeness (QED) is 0.847. The second-order valence-electron chi connectivity index (χ2n) is 3.60. The molecule has 1 rings (SSSR count). The van der Waals surface area contributed by atoms with E-state index in [1.807, 2.05) is 13.8 Å². The van der Waals surface area contributed by atoms with E-state index in [2.05, 4.69) is 0 Å². The number of phenols is 1. The summed E-state index contributed by atoms with van der Waals surface area (Å²) in [5.74, 6) is -0.259. The van der Waals surface area contributed by atoms with Crippen LogP contribution in [0.25, 0.3) is 0 Å². The summed E-state index contributed by atoms with van der Waals surface area (Å²) in [4.78, 5) is 0. The first-order valence-corrected chi connectivity index (χ1v) is 7.17. The molecule has 0 bridgehead atoms. The predicted octanol–water partition coefficient (Wildman–Crippen LogP) is 2.25. The summed E-state index contributed by atoms with van der Waals surface area (Å²) in [6.45, 7) is 3.62. The molecule has 0 fully saturated rings. The van der Waals surface area contributed by atoms with Gasteiger partial charge in [0.05, 0.1) is 17.4 Å². The molecule has 1 aromatic rings. The van der Waals surface area contributed by atoms with Gasteiger partial charge in [0.15, 0.2) is 0 Å². The Kier molecular flexibility index (Phi) is 4.04. The van der Waals surface area contributed by atoms with E-state index >= 15 is 0 Å². The van der Waals surface area contributed by atoms with Crippen LogP contribution in [0.15, 0.2) is 18.2 Å². The number of hydrogen-bond donors (Lipinski definition) is 1. The van der Waals surface area contributed by atoms with Crippen LogP contribution in [0, 0.1) is 0 Å². The highest BCUT2D eigenvalue weighted by Gasteiger charge is 2.16. The third-order valence-corrected chi connectivity index (χ3v) is 2.75. The largest absolute Gasteiger partial charge is 0.507 e. The summed E-state index contributed by atoms with van der Waals surface area (Å²) in [5, 5.41) is 9.56. The Labute approximate surface area is 99.2 Å². The third kappa shape index (κ3) is 3.90. The molecule has 6 heteroatoms. The first-order chi connectivity index (χ1) is 7.29. The van der Waals surface area contributed by atoms with Crippen LogP contribution in [0.3, 0.4) is 0 Å². The van der Waals surface area contributed by atoms with Crippen LogP contribution < -0.4 is 4.74 Å². The van der Waals surface area contributed by atoms with Crippen molar-refractivity contribution < 1.29 is 18.3 Å². The second kappa shape index (κ2) is 4.93. The molecule has 4 nitrogen and oxygen atoms in total. The highest BCUT2D eigenvalue weighted by Crippen LogP contribution is 2.30. The van der Waals surface area contributed by atoms with Crippen molar-refractivity contribution in [1.82, 2.24) is 0 Å². The van der Waals surface area contributed by atoms with Gasteiger partial charge in [0.1, 0.15) is 11.5 Å². The number of rotatable bonds is 4. The van der Waals surface area contributed by atoms with Gasteiger partial charge in [-0.25, -0.2) is 8.42 Å². The van der Waals surface area contributed by atoms with Gasteiger partial charge in [-0.3, -0.25) is 0 Å². The van der Waals surface area contributed by atoms with Gasteiger partial charge in [0, 0.05) is 10.7 Å². The van der Waals surface area contributed by atoms with Crippen LogP contribution in [0.1, 0.15) is 19.4 Å². The van der Waals surface area contributed by atoms with Crippen molar-refractivity contribution >= 4 is 19.7 Å². The molecule has 0 aromatic heterocycles. The highest BCUT2D eigenvalue weighted by atomic mass is 35.7. The first-order valence-electron chi connectivity index (χ1n) is 4.69. The van der Waals surface area contributed by atoms with Gasteiger partial charge in [-0.2, -0.15) is 0 Å². The molecule has 90 valence electrons. The lowest BCUT2D eigenvalue weighted by atomic mass is 10.2. The molecule has 0 aliphatic carbocycles. The molecule has 0 aliphatic heterocycles. The fourth-order valence-electron chi connectivity index (χ4n) is 1.24. The van der Waals surface area contributed by atoms with E-state index in [1.54, 1.807) is 12.1 Å². The number of phenolic OH excluding ortho intramolecular Hbond substituents is 1. The molecule has 0 spiro atoms. The molecule has 0 atom stereocenters. The minimum atomic E-state index is -3.73. The Balaban J connectivity index is 3.13. The Bertz CT molecular complexity index is 468. The fraction of sp³-hybridized carbons (Fsp3) is 0.400. The van der Waals surface area contributed by atoms with E-state index in [1.165, 1.54) is 6.07 Å². The molecule has 0 saturated heterocycles. The summed E-state index contributed by atoms with van der Waals surface area (Å²) in [7, 11) is 1.43. The average Bonchev–Trinajstić information content (AvgIpc) is 2.08. The molecular weight excluding hydrogens is 252 g/mol. The zero-order chi connectivity index (χ0) is 12.3. The summed E-state index contributed by atoms with van der Waals surface area (Å²) in [5.41, 5.74) is 0.186. The third-order valence-electron chi connectivity index (χ3n) is 1.79. The number of halogens is 1. The van der Waals surface area contributed by atoms with Crippen molar-refractivity contribution in [3.05, 3.63) is 23.8 Å². The van der Waals surface area contributed by atoms with E-state index < -0.39 is 14.8 Å². The van der Waals surface area contributed by atoms with E-state index in [9.17, 15) is 13.5 Å². The summed E-state index contributed by atoms with van der Waals surface area (Å²) in [6.07, 6.45) is -0.112. The molecule has 0 aliphatic rings. The maximum atomic E-state index is 11.0. The molecule has 0 amide bonds. The van der Waals surface area contributed by atoms with Crippen molar-refractivity contribution in [2.45, 2.75) is 25.7 Å². The van der Waals surface area contributed by atoms with Gasteiger partial charge in [-0.15, -0.1) is 0 Å². The van der Waals surface area contributed by atoms with Crippen LogP contribution in [-0.2, 0) is 14.8 Å². The lowest BCUT2D eigenvalue weighted by Gasteiger charge is -2.14. The highest BCUT2D eigenvalue weighted by molar-refractivity contribution is 8.13. The van der Waals surface area contributed by atoms with Crippen molar-refractivity contribution in [3.8, 4) is 11.5 Å². The lowest BCUT2D eigenvalue weighted by Crippen LogP contribution is -2.08. The molecule has 1 aromatic carbocycles. The number of ether oxygens (including phenoxy) is 1. The maximum Gasteiger partial charge on any atom is 0.237 e. The van der Waals surface area contributed by atoms with Gasteiger partial charge in [0.25, 0.3) is 0 Å². The average molecular weight is 265 g/mol. The molecule has 16 heavy (non-hydrogen) atoms. The molecule has 0 saturated carbocycles. The zero-order valence-corrected chi connectivity index (χ0v) is 10.5. The van der Waals surface area contributed by atoms with Crippen LogP contribution >= 0.6 is 10.7 Å². The summed E-state index contributed by atoms with van der Waals surface area (Å²) < 4.78 is 27.4. The minimum absolute atomic E-state index is 0.112. The van der Waals surface area contributed by atoms with Crippen LogP contribution in [0.4, 0.5) is 0 Å². The fourth-order valence-corrected chi connectivity index (χ4v) is 2.20. The minimum Gasteiger partial charge on any atom is -0.507 e. The van der Waals surface area contributed by atoms with Crippen molar-refractivity contribution in [2.75, 3.05) is 0 Å². The van der Waals surface area contributed by atoms with Crippen LogP contribution in [0.2, 0.25) is 0 Å². The molecule has 0 radical (unpaired) electrons. The first kappa shape index (κ1) is 13.1. The monoisotopic (exact) mass is 264 g/mol.